The quantitative estimate of drug-likeness (QED) is 0.863. The second-order valence-corrected chi connectivity index (χ2v) is 4.96. The Morgan fingerprint density at radius 3 is 2.84 bits per heavy atom. The molecule has 0 fully saturated rings. The molecular weight excluding hydrogens is 236 g/mol. The molecule has 0 spiro atoms. The van der Waals surface area contributed by atoms with Crippen molar-refractivity contribution < 1.29 is 5.11 Å². The molecule has 1 atom stereocenters. The third kappa shape index (κ3) is 3.44. The van der Waals surface area contributed by atoms with Gasteiger partial charge in [0.15, 0.2) is 0 Å². The van der Waals surface area contributed by atoms with Gasteiger partial charge in [0.1, 0.15) is 11.9 Å². The lowest BCUT2D eigenvalue weighted by Crippen LogP contribution is -2.09. The molecule has 0 aliphatic carbocycles. The maximum atomic E-state index is 10.3. The third-order valence-corrected chi connectivity index (χ3v) is 3.46. The molecular formula is C16H22N2O. The Kier molecular flexibility index (Phi) is 4.74. The Labute approximate surface area is 114 Å². The fourth-order valence-electron chi connectivity index (χ4n) is 2.36. The minimum Gasteiger partial charge on any atom is -0.385 e. The second kappa shape index (κ2) is 6.53. The number of benzene rings is 1. The average molecular weight is 258 g/mol. The SMILES string of the molecule is CCCn1ccnc1C(O)CCc1ccccc1C. The summed E-state index contributed by atoms with van der Waals surface area (Å²) in [4.78, 5) is 4.28. The van der Waals surface area contributed by atoms with E-state index in [4.69, 9.17) is 0 Å². The van der Waals surface area contributed by atoms with Crippen LogP contribution in [0.15, 0.2) is 36.7 Å². The second-order valence-electron chi connectivity index (χ2n) is 4.96. The molecule has 0 saturated carbocycles. The monoisotopic (exact) mass is 258 g/mol. The van der Waals surface area contributed by atoms with Gasteiger partial charge in [-0.2, -0.15) is 0 Å². The number of aliphatic hydroxyl groups is 1. The zero-order chi connectivity index (χ0) is 13.7. The van der Waals surface area contributed by atoms with Gasteiger partial charge in [0.2, 0.25) is 0 Å². The van der Waals surface area contributed by atoms with Gasteiger partial charge in [-0.25, -0.2) is 4.98 Å². The zero-order valence-corrected chi connectivity index (χ0v) is 11.7. The minimum atomic E-state index is -0.485. The summed E-state index contributed by atoms with van der Waals surface area (Å²) in [5.74, 6) is 0.787. The maximum absolute atomic E-state index is 10.3. The average Bonchev–Trinajstić information content (AvgIpc) is 2.86. The van der Waals surface area contributed by atoms with Crippen molar-refractivity contribution in [2.24, 2.45) is 0 Å². The van der Waals surface area contributed by atoms with E-state index in [0.717, 1.165) is 25.2 Å². The summed E-state index contributed by atoms with van der Waals surface area (Å²) >= 11 is 0. The van der Waals surface area contributed by atoms with Crippen LogP contribution in [0.4, 0.5) is 0 Å². The first-order valence-electron chi connectivity index (χ1n) is 6.96. The Hall–Kier alpha value is -1.61. The maximum Gasteiger partial charge on any atom is 0.137 e. The van der Waals surface area contributed by atoms with Crippen molar-refractivity contribution in [1.29, 1.82) is 0 Å². The van der Waals surface area contributed by atoms with E-state index >= 15 is 0 Å². The van der Waals surface area contributed by atoms with Gasteiger partial charge in [0.05, 0.1) is 0 Å². The number of nitrogens with zero attached hydrogens (tertiary/aromatic N) is 2. The van der Waals surface area contributed by atoms with Crippen LogP contribution >= 0.6 is 0 Å². The van der Waals surface area contributed by atoms with Crippen molar-refractivity contribution in [3.05, 3.63) is 53.6 Å². The molecule has 0 bridgehead atoms. The van der Waals surface area contributed by atoms with Gasteiger partial charge < -0.3 is 9.67 Å². The molecule has 19 heavy (non-hydrogen) atoms. The molecule has 3 nitrogen and oxygen atoms in total. The lowest BCUT2D eigenvalue weighted by atomic mass is 10.0. The Bertz CT molecular complexity index is 519. The van der Waals surface area contributed by atoms with E-state index in [0.29, 0.717) is 6.42 Å². The van der Waals surface area contributed by atoms with Gasteiger partial charge in [0, 0.05) is 18.9 Å². The summed E-state index contributed by atoms with van der Waals surface area (Å²) in [6, 6.07) is 8.33. The molecule has 0 saturated heterocycles. The van der Waals surface area contributed by atoms with Crippen molar-refractivity contribution in [3.63, 3.8) is 0 Å². The summed E-state index contributed by atoms with van der Waals surface area (Å²) in [5, 5.41) is 10.3. The highest BCUT2D eigenvalue weighted by molar-refractivity contribution is 5.25. The summed E-state index contributed by atoms with van der Waals surface area (Å²) < 4.78 is 2.04. The van der Waals surface area contributed by atoms with Gasteiger partial charge >= 0.3 is 0 Å². The van der Waals surface area contributed by atoms with E-state index in [-0.39, 0.29) is 0 Å². The number of aromatic nitrogens is 2. The number of hydrogen-bond acceptors (Lipinski definition) is 2. The number of aliphatic hydroxyl groups excluding tert-OH is 1. The molecule has 1 aromatic carbocycles. The van der Waals surface area contributed by atoms with Gasteiger partial charge in [0.25, 0.3) is 0 Å². The molecule has 1 unspecified atom stereocenters. The van der Waals surface area contributed by atoms with Crippen LogP contribution in [0.25, 0.3) is 0 Å². The highest BCUT2D eigenvalue weighted by atomic mass is 16.3. The van der Waals surface area contributed by atoms with Crippen LogP contribution in [0.1, 0.15) is 42.8 Å². The standard InChI is InChI=1S/C16H22N2O/c1-3-11-18-12-10-17-16(18)15(19)9-8-14-7-5-4-6-13(14)2/h4-7,10,12,15,19H,3,8-9,11H2,1-2H3. The first kappa shape index (κ1) is 13.8. The van der Waals surface area contributed by atoms with E-state index in [1.165, 1.54) is 11.1 Å². The highest BCUT2D eigenvalue weighted by Gasteiger charge is 2.13. The lowest BCUT2D eigenvalue weighted by Gasteiger charge is -2.13. The molecule has 2 rings (SSSR count). The molecule has 0 aliphatic heterocycles. The zero-order valence-electron chi connectivity index (χ0n) is 11.7. The van der Waals surface area contributed by atoms with Crippen molar-refractivity contribution in [1.82, 2.24) is 9.55 Å². The first-order valence-corrected chi connectivity index (χ1v) is 6.96. The molecule has 0 amide bonds. The molecule has 3 heteroatoms. The molecule has 2 aromatic rings. The van der Waals surface area contributed by atoms with Crippen molar-refractivity contribution in [2.75, 3.05) is 0 Å². The van der Waals surface area contributed by atoms with Gasteiger partial charge in [-0.3, -0.25) is 0 Å². The van der Waals surface area contributed by atoms with E-state index in [1.807, 2.05) is 22.9 Å². The summed E-state index contributed by atoms with van der Waals surface area (Å²) in [6.45, 7) is 5.15. The first-order chi connectivity index (χ1) is 9.22. The summed E-state index contributed by atoms with van der Waals surface area (Å²) in [7, 11) is 0. The van der Waals surface area contributed by atoms with Gasteiger partial charge in [-0.05, 0) is 37.3 Å². The number of rotatable bonds is 6. The Morgan fingerprint density at radius 2 is 2.11 bits per heavy atom. The number of aryl methyl sites for hydroxylation is 3. The molecule has 0 radical (unpaired) electrons. The third-order valence-electron chi connectivity index (χ3n) is 3.46. The smallest absolute Gasteiger partial charge is 0.137 e. The van der Waals surface area contributed by atoms with E-state index in [9.17, 15) is 5.11 Å². The Balaban J connectivity index is 1.99. The topological polar surface area (TPSA) is 38.0 Å². The van der Waals surface area contributed by atoms with Crippen LogP contribution in [-0.2, 0) is 13.0 Å². The van der Waals surface area contributed by atoms with Gasteiger partial charge in [-0.1, -0.05) is 31.2 Å². The van der Waals surface area contributed by atoms with Crippen LogP contribution in [-0.4, -0.2) is 14.7 Å². The highest BCUT2D eigenvalue weighted by Crippen LogP contribution is 2.19. The predicted molar refractivity (Wildman–Crippen MR) is 77.0 cm³/mol. The molecule has 102 valence electrons. The largest absolute Gasteiger partial charge is 0.385 e. The van der Waals surface area contributed by atoms with Crippen LogP contribution in [0.5, 0.6) is 0 Å². The van der Waals surface area contributed by atoms with Crippen LogP contribution in [0.3, 0.4) is 0 Å². The van der Waals surface area contributed by atoms with Crippen molar-refractivity contribution >= 4 is 0 Å². The predicted octanol–water partition coefficient (Wildman–Crippen LogP) is 3.27. The summed E-state index contributed by atoms with van der Waals surface area (Å²) in [6.07, 6.45) is 5.87. The summed E-state index contributed by atoms with van der Waals surface area (Å²) in [5.41, 5.74) is 2.58. The van der Waals surface area contributed by atoms with Crippen LogP contribution in [0, 0.1) is 6.92 Å². The minimum absolute atomic E-state index is 0.485. The molecule has 0 aliphatic rings. The van der Waals surface area contributed by atoms with Gasteiger partial charge in [-0.15, -0.1) is 0 Å². The molecule has 1 aromatic heterocycles. The lowest BCUT2D eigenvalue weighted by molar-refractivity contribution is 0.153. The number of imidazole rings is 1. The van der Waals surface area contributed by atoms with E-state index < -0.39 is 6.10 Å². The van der Waals surface area contributed by atoms with Crippen molar-refractivity contribution in [3.8, 4) is 0 Å². The molecule has 1 heterocycles. The fourth-order valence-corrected chi connectivity index (χ4v) is 2.36. The number of hydrogen-bond donors (Lipinski definition) is 1. The van der Waals surface area contributed by atoms with Crippen molar-refractivity contribution in [2.45, 2.75) is 45.8 Å². The normalized spacial score (nSPS) is 12.6. The molecule has 1 N–H and O–H groups in total. The van der Waals surface area contributed by atoms with E-state index in [2.05, 4.69) is 31.0 Å². The Morgan fingerprint density at radius 1 is 1.32 bits per heavy atom. The fraction of sp³-hybridized carbons (Fsp3) is 0.438. The van der Waals surface area contributed by atoms with E-state index in [1.54, 1.807) is 6.20 Å². The van der Waals surface area contributed by atoms with Crippen LogP contribution < -0.4 is 0 Å². The van der Waals surface area contributed by atoms with Crippen LogP contribution in [0.2, 0.25) is 0 Å².